The third-order valence-corrected chi connectivity index (χ3v) is 3.82. The molecule has 0 saturated carbocycles. The predicted molar refractivity (Wildman–Crippen MR) is 96.7 cm³/mol. The van der Waals surface area contributed by atoms with Gasteiger partial charge in [-0.1, -0.05) is 33.6 Å². The van der Waals surface area contributed by atoms with Crippen LogP contribution in [0.3, 0.4) is 0 Å². The van der Waals surface area contributed by atoms with E-state index < -0.39 is 0 Å². The number of hydrogen-bond acceptors (Lipinski definition) is 5. The van der Waals surface area contributed by atoms with E-state index in [1.807, 2.05) is 49.4 Å². The van der Waals surface area contributed by atoms with Gasteiger partial charge in [-0.05, 0) is 48.9 Å². The van der Waals surface area contributed by atoms with Gasteiger partial charge in [0.25, 0.3) is 0 Å². The molecule has 3 aromatic rings. The molecule has 1 aromatic heterocycles. The maximum Gasteiger partial charge on any atom is 0.249 e. The van der Waals surface area contributed by atoms with Crippen molar-refractivity contribution in [2.75, 3.05) is 10.6 Å². The Labute approximate surface area is 147 Å². The summed E-state index contributed by atoms with van der Waals surface area (Å²) in [7, 11) is 0. The molecule has 5 nitrogen and oxygen atoms in total. The molecule has 0 amide bonds. The zero-order valence-electron chi connectivity index (χ0n) is 12.2. The number of rotatable bonds is 4. The highest BCUT2D eigenvalue weighted by atomic mass is 79.9. The fourth-order valence-electron chi connectivity index (χ4n) is 2.02. The fourth-order valence-corrected chi connectivity index (χ4v) is 2.64. The zero-order chi connectivity index (χ0) is 16.2. The van der Waals surface area contributed by atoms with Gasteiger partial charge in [0, 0.05) is 20.9 Å². The number of halogens is 2. The van der Waals surface area contributed by atoms with Crippen LogP contribution in [0.5, 0.6) is 0 Å². The molecule has 2 N–H and O–H groups in total. The lowest BCUT2D eigenvalue weighted by Crippen LogP contribution is -2.03. The van der Waals surface area contributed by atoms with E-state index in [9.17, 15) is 0 Å². The molecule has 1 heterocycles. The molecule has 0 spiro atoms. The maximum atomic E-state index is 5.96. The number of hydrogen-bond donors (Lipinski definition) is 2. The van der Waals surface area contributed by atoms with Crippen molar-refractivity contribution in [3.8, 4) is 0 Å². The summed E-state index contributed by atoms with van der Waals surface area (Å²) in [6.45, 7) is 1.96. The van der Waals surface area contributed by atoms with Gasteiger partial charge in [0.05, 0.1) is 6.20 Å². The van der Waals surface area contributed by atoms with E-state index in [1.54, 1.807) is 6.20 Å². The molecule has 3 rings (SSSR count). The van der Waals surface area contributed by atoms with Crippen molar-refractivity contribution in [2.24, 2.45) is 0 Å². The van der Waals surface area contributed by atoms with Crippen LogP contribution in [0.4, 0.5) is 23.1 Å². The van der Waals surface area contributed by atoms with Gasteiger partial charge < -0.3 is 10.6 Å². The molecule has 2 aromatic carbocycles. The summed E-state index contributed by atoms with van der Waals surface area (Å²) in [6, 6.07) is 13.4. The molecule has 0 bridgehead atoms. The van der Waals surface area contributed by atoms with E-state index in [-0.39, 0.29) is 0 Å². The summed E-state index contributed by atoms with van der Waals surface area (Å²) in [4.78, 5) is 4.41. The molecular formula is C16H13BrClN5. The molecule has 0 aliphatic carbocycles. The van der Waals surface area contributed by atoms with Crippen LogP contribution >= 0.6 is 27.5 Å². The van der Waals surface area contributed by atoms with Crippen LogP contribution in [-0.4, -0.2) is 15.2 Å². The number of anilines is 4. The Morgan fingerprint density at radius 3 is 2.74 bits per heavy atom. The van der Waals surface area contributed by atoms with Crippen molar-refractivity contribution >= 4 is 50.7 Å². The molecule has 0 saturated heterocycles. The van der Waals surface area contributed by atoms with Crippen molar-refractivity contribution in [3.63, 3.8) is 0 Å². The second-order valence-electron chi connectivity index (χ2n) is 4.88. The van der Waals surface area contributed by atoms with Crippen molar-refractivity contribution in [2.45, 2.75) is 6.92 Å². The first-order chi connectivity index (χ1) is 11.1. The van der Waals surface area contributed by atoms with E-state index in [2.05, 4.69) is 41.7 Å². The Kier molecular flexibility index (Phi) is 4.73. The van der Waals surface area contributed by atoms with Crippen LogP contribution in [-0.2, 0) is 0 Å². The lowest BCUT2D eigenvalue weighted by molar-refractivity contribution is 0.982. The van der Waals surface area contributed by atoms with Gasteiger partial charge in [0.2, 0.25) is 5.95 Å². The van der Waals surface area contributed by atoms with E-state index in [1.165, 1.54) is 0 Å². The van der Waals surface area contributed by atoms with Crippen molar-refractivity contribution in [3.05, 3.63) is 63.7 Å². The van der Waals surface area contributed by atoms with Crippen molar-refractivity contribution in [1.82, 2.24) is 15.2 Å². The average molecular weight is 391 g/mol. The van der Waals surface area contributed by atoms with Gasteiger partial charge in [-0.25, -0.2) is 0 Å². The summed E-state index contributed by atoms with van der Waals surface area (Å²) in [5, 5.41) is 15.0. The number of aryl methyl sites for hydroxylation is 1. The minimum Gasteiger partial charge on any atom is -0.339 e. The molecule has 0 aliphatic heterocycles. The van der Waals surface area contributed by atoms with Gasteiger partial charge in [-0.15, -0.1) is 5.10 Å². The number of aromatic nitrogens is 3. The smallest absolute Gasteiger partial charge is 0.249 e. The van der Waals surface area contributed by atoms with Gasteiger partial charge in [0.1, 0.15) is 0 Å². The monoisotopic (exact) mass is 389 g/mol. The van der Waals surface area contributed by atoms with Gasteiger partial charge in [-0.2, -0.15) is 10.1 Å². The highest BCUT2D eigenvalue weighted by Gasteiger charge is 2.05. The minimum absolute atomic E-state index is 0.412. The Morgan fingerprint density at radius 1 is 1.09 bits per heavy atom. The molecule has 0 aliphatic rings. The second kappa shape index (κ2) is 6.93. The van der Waals surface area contributed by atoms with Gasteiger partial charge >= 0.3 is 0 Å². The first-order valence-corrected chi connectivity index (χ1v) is 8.03. The summed E-state index contributed by atoms with van der Waals surface area (Å²) in [5.74, 6) is 1.02. The number of nitrogens with one attached hydrogen (secondary N) is 2. The summed E-state index contributed by atoms with van der Waals surface area (Å²) >= 11 is 9.40. The molecule has 0 radical (unpaired) electrons. The standard InChI is InChI=1S/C16H13BrClN5/c1-10-7-12(18)5-6-14(10)21-16-22-15(9-19-23-16)20-13-4-2-3-11(17)8-13/h2-9H,1H3,(H2,20,21,22,23). The first kappa shape index (κ1) is 15.7. The first-order valence-electron chi connectivity index (χ1n) is 6.86. The molecule has 7 heteroatoms. The fraction of sp³-hybridized carbons (Fsp3) is 0.0625. The average Bonchev–Trinajstić information content (AvgIpc) is 2.51. The van der Waals surface area contributed by atoms with Crippen LogP contribution in [0.2, 0.25) is 5.02 Å². The van der Waals surface area contributed by atoms with Crippen molar-refractivity contribution < 1.29 is 0 Å². The molecule has 0 unspecified atom stereocenters. The van der Waals surface area contributed by atoms with Crippen LogP contribution in [0.1, 0.15) is 5.56 Å². The van der Waals surface area contributed by atoms with Crippen molar-refractivity contribution in [1.29, 1.82) is 0 Å². The minimum atomic E-state index is 0.412. The number of benzene rings is 2. The highest BCUT2D eigenvalue weighted by Crippen LogP contribution is 2.23. The van der Waals surface area contributed by atoms with E-state index in [0.717, 1.165) is 21.4 Å². The van der Waals surface area contributed by atoms with Crippen LogP contribution in [0, 0.1) is 6.92 Å². The normalized spacial score (nSPS) is 10.4. The molecule has 116 valence electrons. The third-order valence-electron chi connectivity index (χ3n) is 3.09. The number of nitrogens with zero attached hydrogens (tertiary/aromatic N) is 3. The SMILES string of the molecule is Cc1cc(Cl)ccc1Nc1nncc(Nc2cccc(Br)c2)n1. The molecule has 23 heavy (non-hydrogen) atoms. The molecule has 0 fully saturated rings. The summed E-state index contributed by atoms with van der Waals surface area (Å²) in [5.41, 5.74) is 2.80. The second-order valence-corrected chi connectivity index (χ2v) is 6.24. The zero-order valence-corrected chi connectivity index (χ0v) is 14.6. The van der Waals surface area contributed by atoms with E-state index >= 15 is 0 Å². The molecule has 0 atom stereocenters. The topological polar surface area (TPSA) is 62.7 Å². The van der Waals surface area contributed by atoms with Crippen LogP contribution in [0.15, 0.2) is 53.1 Å². The Morgan fingerprint density at radius 2 is 1.96 bits per heavy atom. The van der Waals surface area contributed by atoms with Crippen LogP contribution < -0.4 is 10.6 Å². The van der Waals surface area contributed by atoms with Crippen LogP contribution in [0.25, 0.3) is 0 Å². The van der Waals surface area contributed by atoms with Gasteiger partial charge in [-0.3, -0.25) is 0 Å². The Hall–Kier alpha value is -2.18. The largest absolute Gasteiger partial charge is 0.339 e. The highest BCUT2D eigenvalue weighted by molar-refractivity contribution is 9.10. The van der Waals surface area contributed by atoms with Gasteiger partial charge in [0.15, 0.2) is 5.82 Å². The third kappa shape index (κ3) is 4.18. The summed E-state index contributed by atoms with van der Waals surface area (Å²) in [6.07, 6.45) is 1.57. The lowest BCUT2D eigenvalue weighted by atomic mass is 10.2. The predicted octanol–water partition coefficient (Wildman–Crippen LogP) is 5.08. The van der Waals surface area contributed by atoms with E-state index in [4.69, 9.17) is 11.6 Å². The lowest BCUT2D eigenvalue weighted by Gasteiger charge is -2.10. The quantitative estimate of drug-likeness (QED) is 0.650. The Balaban J connectivity index is 1.79. The maximum absolute atomic E-state index is 5.96. The van der Waals surface area contributed by atoms with E-state index in [0.29, 0.717) is 16.8 Å². The Bertz CT molecular complexity index is 840. The molecular weight excluding hydrogens is 378 g/mol. The summed E-state index contributed by atoms with van der Waals surface area (Å²) < 4.78 is 0.986.